The fraction of sp³-hybridized carbons (Fsp3) is 0.579. The lowest BCUT2D eigenvalue weighted by atomic mass is 10.0. The van der Waals surface area contributed by atoms with E-state index in [-0.39, 0.29) is 17.9 Å². The number of carbonyl (C=O) groups excluding carboxylic acids is 2. The molecule has 1 N–H and O–H groups in total. The van der Waals surface area contributed by atoms with Gasteiger partial charge in [-0.2, -0.15) is 0 Å². The van der Waals surface area contributed by atoms with Gasteiger partial charge in [-0.1, -0.05) is 19.9 Å². The van der Waals surface area contributed by atoms with Crippen LogP contribution in [0.1, 0.15) is 54.6 Å². The average Bonchev–Trinajstić information content (AvgIpc) is 2.50. The Bertz CT molecular complexity index is 573. The van der Waals surface area contributed by atoms with Crippen molar-refractivity contribution in [2.24, 2.45) is 5.92 Å². The second-order valence-corrected chi connectivity index (χ2v) is 7.03. The summed E-state index contributed by atoms with van der Waals surface area (Å²) in [5.41, 5.74) is 3.04. The number of hydrogen-bond acceptors (Lipinski definition) is 2. The largest absolute Gasteiger partial charge is 0.349 e. The number of carbonyl (C=O) groups is 2. The maximum atomic E-state index is 12.3. The molecule has 1 saturated heterocycles. The summed E-state index contributed by atoms with van der Waals surface area (Å²) in [6.45, 7) is 9.67. The van der Waals surface area contributed by atoms with E-state index in [2.05, 4.69) is 19.2 Å². The van der Waals surface area contributed by atoms with Crippen molar-refractivity contribution in [3.05, 3.63) is 34.9 Å². The van der Waals surface area contributed by atoms with Gasteiger partial charge in [0.05, 0.1) is 0 Å². The Hall–Kier alpha value is -1.84. The minimum absolute atomic E-state index is 0.0138. The van der Waals surface area contributed by atoms with Gasteiger partial charge in [0, 0.05) is 31.1 Å². The Kier molecular flexibility index (Phi) is 5.80. The molecule has 2 rings (SSSR count). The van der Waals surface area contributed by atoms with Crippen LogP contribution in [-0.2, 0) is 4.79 Å². The molecule has 2 amide bonds. The minimum Gasteiger partial charge on any atom is -0.349 e. The molecule has 4 heteroatoms. The van der Waals surface area contributed by atoms with Crippen molar-refractivity contribution in [3.8, 4) is 0 Å². The van der Waals surface area contributed by atoms with Crippen LogP contribution in [0.2, 0.25) is 0 Å². The third-order valence-corrected chi connectivity index (χ3v) is 4.53. The van der Waals surface area contributed by atoms with E-state index in [4.69, 9.17) is 0 Å². The van der Waals surface area contributed by atoms with Gasteiger partial charge < -0.3 is 10.2 Å². The number of aryl methyl sites for hydroxylation is 2. The number of piperidine rings is 1. The molecule has 1 aliphatic heterocycles. The van der Waals surface area contributed by atoms with Gasteiger partial charge in [0.15, 0.2) is 0 Å². The van der Waals surface area contributed by atoms with E-state index in [9.17, 15) is 9.59 Å². The molecular weight excluding hydrogens is 288 g/mol. The highest BCUT2D eigenvalue weighted by atomic mass is 16.2. The Labute approximate surface area is 139 Å². The van der Waals surface area contributed by atoms with Crippen molar-refractivity contribution in [1.29, 1.82) is 0 Å². The van der Waals surface area contributed by atoms with Crippen LogP contribution in [0.3, 0.4) is 0 Å². The molecule has 0 spiro atoms. The average molecular weight is 316 g/mol. The van der Waals surface area contributed by atoms with Crippen LogP contribution < -0.4 is 5.32 Å². The maximum Gasteiger partial charge on any atom is 0.251 e. The van der Waals surface area contributed by atoms with Gasteiger partial charge in [-0.05, 0) is 55.9 Å². The molecule has 126 valence electrons. The molecule has 0 saturated carbocycles. The number of likely N-dealkylation sites (tertiary alicyclic amines) is 1. The number of amides is 2. The van der Waals surface area contributed by atoms with Crippen molar-refractivity contribution >= 4 is 11.8 Å². The fourth-order valence-corrected chi connectivity index (χ4v) is 2.90. The Balaban J connectivity index is 1.85. The molecule has 0 unspecified atom stereocenters. The first-order valence-electron chi connectivity index (χ1n) is 8.52. The Morgan fingerprint density at radius 2 is 1.83 bits per heavy atom. The lowest BCUT2D eigenvalue weighted by Gasteiger charge is -2.33. The van der Waals surface area contributed by atoms with Gasteiger partial charge in [0.1, 0.15) is 0 Å². The molecule has 1 aromatic rings. The fourth-order valence-electron chi connectivity index (χ4n) is 2.90. The summed E-state index contributed by atoms with van der Waals surface area (Å²) in [5, 5.41) is 3.11. The molecule has 1 heterocycles. The van der Waals surface area contributed by atoms with Crippen LogP contribution in [0.5, 0.6) is 0 Å². The van der Waals surface area contributed by atoms with Crippen molar-refractivity contribution < 1.29 is 9.59 Å². The highest BCUT2D eigenvalue weighted by Gasteiger charge is 2.24. The van der Waals surface area contributed by atoms with Crippen LogP contribution in [0.15, 0.2) is 18.2 Å². The summed E-state index contributed by atoms with van der Waals surface area (Å²) in [6, 6.07) is 5.95. The van der Waals surface area contributed by atoms with Gasteiger partial charge in [0.25, 0.3) is 5.91 Å². The van der Waals surface area contributed by atoms with Crippen LogP contribution in [-0.4, -0.2) is 35.8 Å². The van der Waals surface area contributed by atoms with Crippen LogP contribution in [0, 0.1) is 19.8 Å². The zero-order valence-corrected chi connectivity index (χ0v) is 14.7. The molecule has 23 heavy (non-hydrogen) atoms. The summed E-state index contributed by atoms with van der Waals surface area (Å²) >= 11 is 0. The maximum absolute atomic E-state index is 12.3. The summed E-state index contributed by atoms with van der Waals surface area (Å²) in [5.74, 6) is 0.615. The number of nitrogens with one attached hydrogen (secondary N) is 1. The second kappa shape index (κ2) is 7.62. The summed E-state index contributed by atoms with van der Waals surface area (Å²) in [6.07, 6.45) is 2.28. The van der Waals surface area contributed by atoms with Gasteiger partial charge in [0.2, 0.25) is 5.91 Å². The SMILES string of the molecule is Cc1ccc(C(=O)NC2CCN(C(=O)CC(C)C)CC2)cc1C. The first-order chi connectivity index (χ1) is 10.9. The molecule has 1 fully saturated rings. The first-order valence-corrected chi connectivity index (χ1v) is 8.52. The monoisotopic (exact) mass is 316 g/mol. The molecule has 0 atom stereocenters. The molecule has 0 bridgehead atoms. The predicted molar refractivity (Wildman–Crippen MR) is 92.4 cm³/mol. The standard InChI is InChI=1S/C19H28N2O2/c1-13(2)11-18(22)21-9-7-17(8-10-21)20-19(23)16-6-5-14(3)15(4)12-16/h5-6,12-13,17H,7-11H2,1-4H3,(H,20,23). The van der Waals surface area contributed by atoms with Crippen molar-refractivity contribution in [2.75, 3.05) is 13.1 Å². The number of nitrogens with zero attached hydrogens (tertiary/aromatic N) is 1. The summed E-state index contributed by atoms with van der Waals surface area (Å²) in [4.78, 5) is 26.3. The quantitative estimate of drug-likeness (QED) is 0.928. The van der Waals surface area contributed by atoms with Crippen LogP contribution >= 0.6 is 0 Å². The van der Waals surface area contributed by atoms with E-state index in [1.165, 1.54) is 5.56 Å². The molecule has 1 aliphatic rings. The van der Waals surface area contributed by atoms with Crippen molar-refractivity contribution in [1.82, 2.24) is 10.2 Å². The third-order valence-electron chi connectivity index (χ3n) is 4.53. The second-order valence-electron chi connectivity index (χ2n) is 7.03. The van der Waals surface area contributed by atoms with Crippen molar-refractivity contribution in [2.45, 2.75) is 53.0 Å². The highest BCUT2D eigenvalue weighted by molar-refractivity contribution is 5.94. The molecule has 4 nitrogen and oxygen atoms in total. The van der Waals surface area contributed by atoms with Gasteiger partial charge in [-0.3, -0.25) is 9.59 Å². The Morgan fingerprint density at radius 1 is 1.17 bits per heavy atom. The van der Waals surface area contributed by atoms with E-state index >= 15 is 0 Å². The molecule has 0 aromatic heterocycles. The highest BCUT2D eigenvalue weighted by Crippen LogP contribution is 2.15. The zero-order valence-electron chi connectivity index (χ0n) is 14.7. The van der Waals surface area contributed by atoms with Gasteiger partial charge >= 0.3 is 0 Å². The van der Waals surface area contributed by atoms with E-state index in [0.29, 0.717) is 17.9 Å². The van der Waals surface area contributed by atoms with E-state index < -0.39 is 0 Å². The normalized spacial score (nSPS) is 15.8. The molecular formula is C19H28N2O2. The van der Waals surface area contributed by atoms with Gasteiger partial charge in [-0.25, -0.2) is 0 Å². The number of rotatable bonds is 4. The number of benzene rings is 1. The molecule has 1 aromatic carbocycles. The molecule has 0 radical (unpaired) electrons. The predicted octanol–water partition coefficient (Wildman–Crippen LogP) is 3.07. The smallest absolute Gasteiger partial charge is 0.251 e. The summed E-state index contributed by atoms with van der Waals surface area (Å²) < 4.78 is 0. The topological polar surface area (TPSA) is 49.4 Å². The lowest BCUT2D eigenvalue weighted by Crippen LogP contribution is -2.46. The minimum atomic E-state index is -0.0138. The lowest BCUT2D eigenvalue weighted by molar-refractivity contribution is -0.133. The van der Waals surface area contributed by atoms with Crippen molar-refractivity contribution in [3.63, 3.8) is 0 Å². The van der Waals surface area contributed by atoms with Crippen LogP contribution in [0.4, 0.5) is 0 Å². The summed E-state index contributed by atoms with van der Waals surface area (Å²) in [7, 11) is 0. The Morgan fingerprint density at radius 3 is 2.39 bits per heavy atom. The number of hydrogen-bond donors (Lipinski definition) is 1. The third kappa shape index (κ3) is 4.81. The van der Waals surface area contributed by atoms with Gasteiger partial charge in [-0.15, -0.1) is 0 Å². The van der Waals surface area contributed by atoms with E-state index in [1.807, 2.05) is 36.9 Å². The van der Waals surface area contributed by atoms with E-state index in [0.717, 1.165) is 31.5 Å². The zero-order chi connectivity index (χ0) is 17.0. The van der Waals surface area contributed by atoms with E-state index in [1.54, 1.807) is 0 Å². The first kappa shape index (κ1) is 17.5. The molecule has 0 aliphatic carbocycles. The van der Waals surface area contributed by atoms with Crippen LogP contribution in [0.25, 0.3) is 0 Å².